The number of halogens is 3. The molecule has 1 atom stereocenters. The number of hydrogen-bond donors (Lipinski definition) is 0. The first-order valence-electron chi connectivity index (χ1n) is 5.82. The molecule has 2 rings (SSSR count). The maximum absolute atomic E-state index is 6.45. The number of hydrogen-bond acceptors (Lipinski definition) is 1. The highest BCUT2D eigenvalue weighted by molar-refractivity contribution is 7.98. The highest BCUT2D eigenvalue weighted by Gasteiger charge is 2.10. The van der Waals surface area contributed by atoms with Gasteiger partial charge in [0.05, 0.1) is 15.4 Å². The maximum atomic E-state index is 6.45. The molecule has 19 heavy (non-hydrogen) atoms. The van der Waals surface area contributed by atoms with Crippen molar-refractivity contribution in [2.75, 3.05) is 6.26 Å². The van der Waals surface area contributed by atoms with Gasteiger partial charge in [-0.2, -0.15) is 0 Å². The lowest BCUT2D eigenvalue weighted by atomic mass is 10.0. The molecular weight excluding hydrogens is 319 g/mol. The number of rotatable bonds is 4. The SMILES string of the molecule is CSc1ccc(C(Cl)Cc2ccc(Cl)c(Cl)c2)cc1. The van der Waals surface area contributed by atoms with E-state index in [1.54, 1.807) is 17.8 Å². The van der Waals surface area contributed by atoms with E-state index in [9.17, 15) is 0 Å². The molecule has 0 nitrogen and oxygen atoms in total. The Kier molecular flexibility index (Phi) is 5.47. The van der Waals surface area contributed by atoms with E-state index in [2.05, 4.69) is 30.5 Å². The summed E-state index contributed by atoms with van der Waals surface area (Å²) in [6.45, 7) is 0. The average molecular weight is 332 g/mol. The van der Waals surface area contributed by atoms with Crippen molar-refractivity contribution in [2.24, 2.45) is 0 Å². The fourth-order valence-electron chi connectivity index (χ4n) is 1.80. The van der Waals surface area contributed by atoms with Crippen LogP contribution in [-0.4, -0.2) is 6.26 Å². The van der Waals surface area contributed by atoms with Crippen molar-refractivity contribution in [3.63, 3.8) is 0 Å². The first-order valence-corrected chi connectivity index (χ1v) is 8.24. The number of alkyl halides is 1. The van der Waals surface area contributed by atoms with Crippen molar-refractivity contribution < 1.29 is 0 Å². The van der Waals surface area contributed by atoms with Crippen LogP contribution in [0.1, 0.15) is 16.5 Å². The molecule has 0 N–H and O–H groups in total. The van der Waals surface area contributed by atoms with Crippen LogP contribution in [0.4, 0.5) is 0 Å². The summed E-state index contributed by atoms with van der Waals surface area (Å²) in [7, 11) is 0. The Balaban J connectivity index is 2.10. The van der Waals surface area contributed by atoms with Gasteiger partial charge in [-0.05, 0) is 48.1 Å². The third-order valence-corrected chi connectivity index (χ3v) is 4.77. The third kappa shape index (κ3) is 4.06. The van der Waals surface area contributed by atoms with Gasteiger partial charge in [0.2, 0.25) is 0 Å². The van der Waals surface area contributed by atoms with E-state index < -0.39 is 0 Å². The van der Waals surface area contributed by atoms with Gasteiger partial charge in [-0.15, -0.1) is 23.4 Å². The van der Waals surface area contributed by atoms with Crippen LogP contribution < -0.4 is 0 Å². The van der Waals surface area contributed by atoms with Gasteiger partial charge in [0.25, 0.3) is 0 Å². The van der Waals surface area contributed by atoms with Gasteiger partial charge in [-0.25, -0.2) is 0 Å². The van der Waals surface area contributed by atoms with Gasteiger partial charge in [-0.1, -0.05) is 41.4 Å². The molecule has 0 fully saturated rings. The van der Waals surface area contributed by atoms with Gasteiger partial charge in [0.15, 0.2) is 0 Å². The molecule has 0 radical (unpaired) electrons. The predicted octanol–water partition coefficient (Wildman–Crippen LogP) is 6.24. The van der Waals surface area contributed by atoms with Crippen molar-refractivity contribution in [2.45, 2.75) is 16.7 Å². The van der Waals surface area contributed by atoms with E-state index in [1.807, 2.05) is 12.1 Å². The summed E-state index contributed by atoms with van der Waals surface area (Å²) in [5.74, 6) is 0. The Hall–Kier alpha value is -0.340. The summed E-state index contributed by atoms with van der Waals surface area (Å²) in [6, 6.07) is 13.9. The van der Waals surface area contributed by atoms with Crippen LogP contribution >= 0.6 is 46.6 Å². The van der Waals surface area contributed by atoms with Crippen molar-refractivity contribution in [3.8, 4) is 0 Å². The first-order chi connectivity index (χ1) is 9.10. The summed E-state index contributed by atoms with van der Waals surface area (Å²) in [5, 5.41) is 1.08. The lowest BCUT2D eigenvalue weighted by Gasteiger charge is -2.11. The molecule has 0 amide bonds. The van der Waals surface area contributed by atoms with E-state index in [1.165, 1.54) is 4.90 Å². The molecular formula is C15H13Cl3S. The minimum atomic E-state index is -0.0619. The van der Waals surface area contributed by atoms with Crippen LogP contribution in [0.25, 0.3) is 0 Å². The minimum Gasteiger partial charge on any atom is -0.130 e. The second kappa shape index (κ2) is 6.90. The summed E-state index contributed by atoms with van der Waals surface area (Å²) in [6.07, 6.45) is 2.79. The van der Waals surface area contributed by atoms with Crippen LogP contribution in [0.2, 0.25) is 10.0 Å². The molecule has 4 heteroatoms. The topological polar surface area (TPSA) is 0 Å². The van der Waals surface area contributed by atoms with Crippen molar-refractivity contribution in [1.82, 2.24) is 0 Å². The lowest BCUT2D eigenvalue weighted by molar-refractivity contribution is 0.918. The fraction of sp³-hybridized carbons (Fsp3) is 0.200. The largest absolute Gasteiger partial charge is 0.130 e. The lowest BCUT2D eigenvalue weighted by Crippen LogP contribution is -1.96. The molecule has 0 aliphatic rings. The summed E-state index contributed by atoms with van der Waals surface area (Å²) in [5.41, 5.74) is 2.20. The average Bonchev–Trinajstić information content (AvgIpc) is 2.43. The molecule has 2 aromatic carbocycles. The molecule has 0 heterocycles. The Morgan fingerprint density at radius 3 is 2.26 bits per heavy atom. The zero-order chi connectivity index (χ0) is 13.8. The van der Waals surface area contributed by atoms with Crippen LogP contribution in [0.15, 0.2) is 47.4 Å². The zero-order valence-electron chi connectivity index (χ0n) is 10.4. The van der Waals surface area contributed by atoms with E-state index in [4.69, 9.17) is 34.8 Å². The standard InChI is InChI=1S/C15H13Cl3S/c1-19-12-5-3-11(4-6-12)14(17)8-10-2-7-13(16)15(18)9-10/h2-7,9,14H,8H2,1H3. The van der Waals surface area contributed by atoms with E-state index >= 15 is 0 Å². The van der Waals surface area contributed by atoms with Gasteiger partial charge in [-0.3, -0.25) is 0 Å². The molecule has 1 unspecified atom stereocenters. The van der Waals surface area contributed by atoms with Gasteiger partial charge in [0.1, 0.15) is 0 Å². The molecule has 0 bridgehead atoms. The van der Waals surface area contributed by atoms with Gasteiger partial charge >= 0.3 is 0 Å². The summed E-state index contributed by atoms with van der Waals surface area (Å²) >= 11 is 20.1. The predicted molar refractivity (Wildman–Crippen MR) is 87.0 cm³/mol. The Bertz CT molecular complexity index is 552. The Morgan fingerprint density at radius 1 is 1.00 bits per heavy atom. The molecule has 0 spiro atoms. The van der Waals surface area contributed by atoms with Gasteiger partial charge in [0, 0.05) is 4.90 Å². The maximum Gasteiger partial charge on any atom is 0.0625 e. The number of benzene rings is 2. The molecule has 2 aromatic rings. The minimum absolute atomic E-state index is 0.0619. The monoisotopic (exact) mass is 330 g/mol. The molecule has 100 valence electrons. The fourth-order valence-corrected chi connectivity index (χ4v) is 2.86. The van der Waals surface area contributed by atoms with E-state index in [-0.39, 0.29) is 5.38 Å². The summed E-state index contributed by atoms with van der Waals surface area (Å²) in [4.78, 5) is 1.24. The van der Waals surface area contributed by atoms with Crippen LogP contribution in [-0.2, 0) is 6.42 Å². The highest BCUT2D eigenvalue weighted by atomic mass is 35.5. The second-order valence-corrected chi connectivity index (χ2v) is 6.41. The molecule has 0 aliphatic heterocycles. The smallest absolute Gasteiger partial charge is 0.0625 e. The van der Waals surface area contributed by atoms with Crippen LogP contribution in [0, 0.1) is 0 Å². The summed E-state index contributed by atoms with van der Waals surface area (Å²) < 4.78 is 0. The van der Waals surface area contributed by atoms with Gasteiger partial charge < -0.3 is 0 Å². The molecule has 0 saturated heterocycles. The normalized spacial score (nSPS) is 12.4. The zero-order valence-corrected chi connectivity index (χ0v) is 13.5. The number of thioether (sulfide) groups is 1. The highest BCUT2D eigenvalue weighted by Crippen LogP contribution is 2.29. The quantitative estimate of drug-likeness (QED) is 0.472. The van der Waals surface area contributed by atoms with Crippen molar-refractivity contribution in [1.29, 1.82) is 0 Å². The van der Waals surface area contributed by atoms with Crippen molar-refractivity contribution >= 4 is 46.6 Å². The van der Waals surface area contributed by atoms with Crippen molar-refractivity contribution in [3.05, 3.63) is 63.6 Å². The molecule has 0 aromatic heterocycles. The Morgan fingerprint density at radius 2 is 1.68 bits per heavy atom. The third-order valence-electron chi connectivity index (χ3n) is 2.88. The first kappa shape index (κ1) is 15.1. The Labute approximate surface area is 133 Å². The van der Waals surface area contributed by atoms with E-state index in [0.29, 0.717) is 10.0 Å². The van der Waals surface area contributed by atoms with E-state index in [0.717, 1.165) is 17.5 Å². The van der Waals surface area contributed by atoms with Crippen LogP contribution in [0.3, 0.4) is 0 Å². The molecule has 0 aliphatic carbocycles. The molecule has 0 saturated carbocycles. The second-order valence-electron chi connectivity index (χ2n) is 4.19. The van der Waals surface area contributed by atoms with Crippen LogP contribution in [0.5, 0.6) is 0 Å².